The Balaban J connectivity index is 1.23. The van der Waals surface area contributed by atoms with Crippen LogP contribution in [0.5, 0.6) is 0 Å². The molecular weight excluding hydrogens is 462 g/mol. The number of benzene rings is 2. The summed E-state index contributed by atoms with van der Waals surface area (Å²) in [5.41, 5.74) is 4.20. The zero-order valence-electron chi connectivity index (χ0n) is 20.4. The quantitative estimate of drug-likeness (QED) is 0.703. The van der Waals surface area contributed by atoms with E-state index in [0.29, 0.717) is 32.4 Å². The van der Waals surface area contributed by atoms with Crippen LogP contribution in [0, 0.1) is 5.92 Å². The van der Waals surface area contributed by atoms with Gasteiger partial charge in [-0.25, -0.2) is 8.42 Å². The van der Waals surface area contributed by atoms with Gasteiger partial charge in [0.05, 0.1) is 10.9 Å². The van der Waals surface area contributed by atoms with Gasteiger partial charge in [-0.2, -0.15) is 4.31 Å². The summed E-state index contributed by atoms with van der Waals surface area (Å²) in [5, 5.41) is 3.24. The van der Waals surface area contributed by atoms with Crippen LogP contribution in [0.4, 0.5) is 5.69 Å². The molecule has 1 saturated heterocycles. The summed E-state index contributed by atoms with van der Waals surface area (Å²) < 4.78 is 28.2. The van der Waals surface area contributed by atoms with Crippen molar-refractivity contribution in [1.82, 2.24) is 9.62 Å². The number of piperidine rings is 1. The molecule has 0 radical (unpaired) electrons. The smallest absolute Gasteiger partial charge is 0.243 e. The van der Waals surface area contributed by atoms with Gasteiger partial charge in [-0.05, 0) is 80.3 Å². The molecule has 1 fully saturated rings. The van der Waals surface area contributed by atoms with Crippen molar-refractivity contribution in [3.63, 3.8) is 0 Å². The van der Waals surface area contributed by atoms with Crippen LogP contribution in [0.3, 0.4) is 0 Å². The minimum absolute atomic E-state index is 0.0193. The van der Waals surface area contributed by atoms with E-state index in [1.54, 1.807) is 23.1 Å². The number of anilines is 1. The van der Waals surface area contributed by atoms with Crippen LogP contribution < -0.4 is 10.2 Å². The van der Waals surface area contributed by atoms with E-state index >= 15 is 0 Å². The minimum Gasteiger partial charge on any atom is -0.349 e. The van der Waals surface area contributed by atoms with E-state index in [4.69, 9.17) is 0 Å². The first-order valence-electron chi connectivity index (χ1n) is 12.6. The van der Waals surface area contributed by atoms with Gasteiger partial charge < -0.3 is 10.2 Å². The number of sulfonamides is 1. The molecule has 0 aromatic heterocycles. The number of aryl methyl sites for hydroxylation is 1. The van der Waals surface area contributed by atoms with E-state index in [9.17, 15) is 18.0 Å². The molecule has 0 spiro atoms. The maximum Gasteiger partial charge on any atom is 0.243 e. The fourth-order valence-electron chi connectivity index (χ4n) is 5.95. The first-order chi connectivity index (χ1) is 16.8. The van der Waals surface area contributed by atoms with Crippen molar-refractivity contribution in [2.75, 3.05) is 18.0 Å². The number of hydrogen-bond donors (Lipinski definition) is 1. The van der Waals surface area contributed by atoms with Crippen LogP contribution in [0.15, 0.2) is 47.4 Å². The summed E-state index contributed by atoms with van der Waals surface area (Å²) in [6, 6.07) is 13.4. The number of nitrogens with one attached hydrogen (secondary N) is 1. The van der Waals surface area contributed by atoms with E-state index in [2.05, 4.69) is 17.4 Å². The Morgan fingerprint density at radius 1 is 1.00 bits per heavy atom. The largest absolute Gasteiger partial charge is 0.349 e. The lowest BCUT2D eigenvalue weighted by Gasteiger charge is -2.33. The Bertz CT molecular complexity index is 1250. The second-order valence-corrected chi connectivity index (χ2v) is 12.0. The number of carbonyl (C=O) groups is 2. The average Bonchev–Trinajstić information content (AvgIpc) is 3.19. The first kappa shape index (κ1) is 24.0. The number of amides is 2. The SMILES string of the molecule is CC(=O)N1c2ccc(S(=O)(=O)N3CCC(C(=O)N[C@H]4CCCc5ccccc54)CC3)cc2C[C@@H]1C. The molecule has 0 unspecified atom stereocenters. The lowest BCUT2D eigenvalue weighted by molar-refractivity contribution is -0.127. The zero-order valence-corrected chi connectivity index (χ0v) is 21.2. The molecule has 2 aromatic rings. The standard InChI is InChI=1S/C27H33N3O4S/c1-18-16-22-17-23(10-11-26(22)30(18)19(2)31)35(33,34)29-14-12-21(13-15-29)27(32)28-25-9-5-7-20-6-3-4-8-24(20)25/h3-4,6,8,10-11,17-18,21,25H,5,7,9,12-16H2,1-2H3,(H,28,32)/t18-,25-/m0/s1. The Hall–Kier alpha value is -2.71. The molecular formula is C27H33N3O4S. The second-order valence-electron chi connectivity index (χ2n) is 10.1. The number of carbonyl (C=O) groups excluding carboxylic acids is 2. The maximum absolute atomic E-state index is 13.4. The van der Waals surface area contributed by atoms with Crippen molar-refractivity contribution in [3.05, 3.63) is 59.2 Å². The number of rotatable bonds is 4. The van der Waals surface area contributed by atoms with Crippen LogP contribution in [-0.4, -0.2) is 43.7 Å². The van der Waals surface area contributed by atoms with Crippen molar-refractivity contribution in [1.29, 1.82) is 0 Å². The molecule has 1 N–H and O–H groups in total. The molecule has 3 aliphatic rings. The van der Waals surface area contributed by atoms with E-state index < -0.39 is 10.0 Å². The van der Waals surface area contributed by atoms with Gasteiger partial charge in [0.15, 0.2) is 0 Å². The number of hydrogen-bond acceptors (Lipinski definition) is 4. The predicted molar refractivity (Wildman–Crippen MR) is 135 cm³/mol. The third-order valence-electron chi connectivity index (χ3n) is 7.75. The Kier molecular flexibility index (Phi) is 6.44. The monoisotopic (exact) mass is 495 g/mol. The maximum atomic E-state index is 13.4. The van der Waals surface area contributed by atoms with Crippen molar-refractivity contribution in [2.24, 2.45) is 5.92 Å². The highest BCUT2D eigenvalue weighted by molar-refractivity contribution is 7.89. The number of fused-ring (bicyclic) bond motifs is 2. The van der Waals surface area contributed by atoms with Crippen molar-refractivity contribution >= 4 is 27.5 Å². The summed E-state index contributed by atoms with van der Waals surface area (Å²) >= 11 is 0. The lowest BCUT2D eigenvalue weighted by atomic mass is 9.87. The highest BCUT2D eigenvalue weighted by atomic mass is 32.2. The third-order valence-corrected chi connectivity index (χ3v) is 9.65. The Morgan fingerprint density at radius 2 is 1.74 bits per heavy atom. The third kappa shape index (κ3) is 4.49. The van der Waals surface area contributed by atoms with Gasteiger partial charge in [0, 0.05) is 37.7 Å². The summed E-state index contributed by atoms with van der Waals surface area (Å²) in [6.45, 7) is 4.16. The summed E-state index contributed by atoms with van der Waals surface area (Å²) in [5.74, 6) is -0.191. The van der Waals surface area contributed by atoms with Crippen molar-refractivity contribution in [3.8, 4) is 0 Å². The molecule has 8 heteroatoms. The molecule has 5 rings (SSSR count). The molecule has 2 aliphatic heterocycles. The molecule has 2 heterocycles. The Labute approximate surface area is 207 Å². The van der Waals surface area contributed by atoms with E-state index in [1.807, 2.05) is 19.1 Å². The van der Waals surface area contributed by atoms with Crippen LogP contribution >= 0.6 is 0 Å². The molecule has 186 valence electrons. The average molecular weight is 496 g/mol. The Morgan fingerprint density at radius 3 is 2.49 bits per heavy atom. The van der Waals surface area contributed by atoms with Crippen molar-refractivity contribution < 1.29 is 18.0 Å². The fraction of sp³-hybridized carbons (Fsp3) is 0.481. The van der Waals surface area contributed by atoms with Crippen LogP contribution in [0.2, 0.25) is 0 Å². The molecule has 2 amide bonds. The molecule has 2 aromatic carbocycles. The van der Waals surface area contributed by atoms with E-state index in [1.165, 1.54) is 22.4 Å². The van der Waals surface area contributed by atoms with Crippen molar-refractivity contribution in [2.45, 2.75) is 69.4 Å². The summed E-state index contributed by atoms with van der Waals surface area (Å²) in [4.78, 5) is 27.0. The summed E-state index contributed by atoms with van der Waals surface area (Å²) in [6.07, 6.45) is 4.72. The topological polar surface area (TPSA) is 86.8 Å². The van der Waals surface area contributed by atoms with Crippen LogP contribution in [0.1, 0.15) is 62.3 Å². The molecule has 0 saturated carbocycles. The second kappa shape index (κ2) is 9.39. The zero-order chi connectivity index (χ0) is 24.7. The van der Waals surface area contributed by atoms with Gasteiger partial charge >= 0.3 is 0 Å². The van der Waals surface area contributed by atoms with Gasteiger partial charge in [-0.15, -0.1) is 0 Å². The summed E-state index contributed by atoms with van der Waals surface area (Å²) in [7, 11) is -3.66. The molecule has 7 nitrogen and oxygen atoms in total. The highest BCUT2D eigenvalue weighted by Crippen LogP contribution is 2.35. The van der Waals surface area contributed by atoms with Crippen LogP contribution in [0.25, 0.3) is 0 Å². The van der Waals surface area contributed by atoms with E-state index in [0.717, 1.165) is 30.5 Å². The minimum atomic E-state index is -3.66. The molecule has 35 heavy (non-hydrogen) atoms. The fourth-order valence-corrected chi connectivity index (χ4v) is 7.47. The van der Waals surface area contributed by atoms with Gasteiger partial charge in [0.1, 0.15) is 0 Å². The van der Waals surface area contributed by atoms with Gasteiger partial charge in [-0.3, -0.25) is 9.59 Å². The van der Waals surface area contributed by atoms with Gasteiger partial charge in [0.2, 0.25) is 21.8 Å². The van der Waals surface area contributed by atoms with Gasteiger partial charge in [-0.1, -0.05) is 24.3 Å². The van der Waals surface area contributed by atoms with E-state index in [-0.39, 0.29) is 34.7 Å². The normalized spacial score (nSPS) is 23.0. The molecule has 0 bridgehead atoms. The highest BCUT2D eigenvalue weighted by Gasteiger charge is 2.35. The molecule has 1 aliphatic carbocycles. The van der Waals surface area contributed by atoms with Crippen LogP contribution in [-0.2, 0) is 32.5 Å². The lowest BCUT2D eigenvalue weighted by Crippen LogP contribution is -2.44. The first-order valence-corrected chi connectivity index (χ1v) is 14.0. The predicted octanol–water partition coefficient (Wildman–Crippen LogP) is 3.58. The van der Waals surface area contributed by atoms with Gasteiger partial charge in [0.25, 0.3) is 0 Å². The number of nitrogens with zero attached hydrogens (tertiary/aromatic N) is 2. The molecule has 2 atom stereocenters.